The van der Waals surface area contributed by atoms with Crippen molar-refractivity contribution in [3.05, 3.63) is 51.8 Å². The molecule has 3 rings (SSSR count). The molecule has 0 amide bonds. The van der Waals surface area contributed by atoms with Crippen molar-refractivity contribution in [1.82, 2.24) is 9.88 Å². The van der Waals surface area contributed by atoms with Crippen LogP contribution in [0.1, 0.15) is 59.2 Å². The Bertz CT molecular complexity index is 999. The van der Waals surface area contributed by atoms with Crippen LogP contribution in [0.15, 0.2) is 18.2 Å². The summed E-state index contributed by atoms with van der Waals surface area (Å²) in [6.45, 7) is 7.95. The molecule has 1 aromatic heterocycles. The van der Waals surface area contributed by atoms with E-state index in [1.807, 2.05) is 26.8 Å². The second-order valence-corrected chi connectivity index (χ2v) is 8.35. The third-order valence-electron chi connectivity index (χ3n) is 5.23. The van der Waals surface area contributed by atoms with Crippen LogP contribution in [-0.4, -0.2) is 45.4 Å². The number of amidine groups is 1. The molecule has 0 spiro atoms. The summed E-state index contributed by atoms with van der Waals surface area (Å²) in [5.41, 5.74) is 3.47. The molecule has 0 bridgehead atoms. The second-order valence-electron chi connectivity index (χ2n) is 8.35. The van der Waals surface area contributed by atoms with E-state index in [9.17, 15) is 15.0 Å². The lowest BCUT2D eigenvalue weighted by Crippen LogP contribution is -2.30. The number of halogens is 1. The number of phenolic OH excluding ortho intramolecular Hbond substituents is 1. The number of phenols is 1. The molecule has 0 atom stereocenters. The molecule has 1 aliphatic rings. The van der Waals surface area contributed by atoms with Gasteiger partial charge >= 0.3 is 0 Å². The van der Waals surface area contributed by atoms with E-state index in [1.54, 1.807) is 17.9 Å². The first kappa shape index (κ1) is 23.8. The molecule has 0 aliphatic carbocycles. The van der Waals surface area contributed by atoms with Crippen LogP contribution in [0.3, 0.4) is 0 Å². The van der Waals surface area contributed by atoms with Gasteiger partial charge in [0, 0.05) is 28.9 Å². The smallest absolute Gasteiger partial charge is 0.182 e. The summed E-state index contributed by atoms with van der Waals surface area (Å²) in [5, 5.41) is 28.3. The summed E-state index contributed by atoms with van der Waals surface area (Å²) in [5.74, 6) is 0.313. The highest BCUT2D eigenvalue weighted by atomic mass is 79.9. The molecule has 0 fully saturated rings. The van der Waals surface area contributed by atoms with Gasteiger partial charge in [0.15, 0.2) is 17.3 Å². The summed E-state index contributed by atoms with van der Waals surface area (Å²) >= 11 is 0. The first-order valence-electron chi connectivity index (χ1n) is 9.45. The molecular formula is C22H28BrN3O4. The molecule has 3 N–H and O–H groups in total. The van der Waals surface area contributed by atoms with Crippen LogP contribution < -0.4 is 4.74 Å². The fraction of sp³-hybridized carbons (Fsp3) is 0.409. The van der Waals surface area contributed by atoms with Gasteiger partial charge in [0.2, 0.25) is 0 Å². The number of aliphatic hydroxyl groups is 1. The van der Waals surface area contributed by atoms with Crippen molar-refractivity contribution in [3.8, 4) is 11.5 Å². The number of methoxy groups -OCH3 is 1. The number of nitrogens with one attached hydrogen (secondary N) is 1. The van der Waals surface area contributed by atoms with Gasteiger partial charge in [0.25, 0.3) is 0 Å². The third-order valence-corrected chi connectivity index (χ3v) is 5.23. The number of aliphatic hydroxyl groups excluding tert-OH is 1. The Morgan fingerprint density at radius 1 is 1.30 bits per heavy atom. The zero-order valence-electron chi connectivity index (χ0n) is 17.9. The van der Waals surface area contributed by atoms with Crippen molar-refractivity contribution in [3.63, 3.8) is 0 Å². The third kappa shape index (κ3) is 4.34. The largest absolute Gasteiger partial charge is 0.504 e. The second kappa shape index (κ2) is 8.73. The summed E-state index contributed by atoms with van der Waals surface area (Å²) in [7, 11) is 1.45. The fourth-order valence-electron chi connectivity index (χ4n) is 3.51. The Balaban J connectivity index is 0.00000320. The minimum Gasteiger partial charge on any atom is -0.504 e. The van der Waals surface area contributed by atoms with Crippen molar-refractivity contribution in [2.24, 2.45) is 0 Å². The molecule has 2 aromatic rings. The van der Waals surface area contributed by atoms with Crippen LogP contribution in [0.2, 0.25) is 0 Å². The molecular weight excluding hydrogens is 450 g/mol. The van der Waals surface area contributed by atoms with Gasteiger partial charge < -0.3 is 19.8 Å². The van der Waals surface area contributed by atoms with E-state index in [1.165, 1.54) is 13.2 Å². The lowest BCUT2D eigenvalue weighted by atomic mass is 9.84. The summed E-state index contributed by atoms with van der Waals surface area (Å²) < 4.78 is 5.26. The monoisotopic (exact) mass is 477 g/mol. The number of carbonyl (C=O) groups excluding carboxylic acids is 1. The number of nitrogens with zero attached hydrogens (tertiary/aromatic N) is 2. The van der Waals surface area contributed by atoms with E-state index in [0.717, 1.165) is 11.1 Å². The number of hydrogen-bond acceptors (Lipinski definition) is 6. The Hall–Kier alpha value is -2.45. The quantitative estimate of drug-likeness (QED) is 0.568. The standard InChI is InChI=1S/C22H27N3O4.BrH/c1-12-15(11-26)6-14-9-25(21(23)19(14)24-12)10-17(27)13-7-16(22(2,3)4)20(28)18(8-13)29-5;/h6-8,23,26,28H,9-11H2,1-5H3;1H. The lowest BCUT2D eigenvalue weighted by molar-refractivity contribution is 0.0962. The summed E-state index contributed by atoms with van der Waals surface area (Å²) in [6.07, 6.45) is 0. The van der Waals surface area contributed by atoms with Gasteiger partial charge in [-0.25, -0.2) is 4.98 Å². The Kier molecular flexibility index (Phi) is 6.94. The van der Waals surface area contributed by atoms with E-state index < -0.39 is 0 Å². The maximum Gasteiger partial charge on any atom is 0.182 e. The van der Waals surface area contributed by atoms with Crippen molar-refractivity contribution in [2.45, 2.75) is 46.3 Å². The Labute approximate surface area is 187 Å². The zero-order valence-corrected chi connectivity index (χ0v) is 19.6. The highest BCUT2D eigenvalue weighted by Crippen LogP contribution is 2.39. The summed E-state index contributed by atoms with van der Waals surface area (Å²) in [4.78, 5) is 19.1. The van der Waals surface area contributed by atoms with Gasteiger partial charge in [-0.3, -0.25) is 10.2 Å². The van der Waals surface area contributed by atoms with Gasteiger partial charge in [-0.15, -0.1) is 17.0 Å². The predicted octanol–water partition coefficient (Wildman–Crippen LogP) is 3.50. The number of fused-ring (bicyclic) bond motifs is 1. The van der Waals surface area contributed by atoms with Crippen LogP contribution in [0.25, 0.3) is 0 Å². The first-order chi connectivity index (χ1) is 13.6. The fourth-order valence-corrected chi connectivity index (χ4v) is 3.51. The number of aromatic hydroxyl groups is 1. The number of ether oxygens (including phenoxy) is 1. The van der Waals surface area contributed by atoms with E-state index in [0.29, 0.717) is 29.1 Å². The number of benzene rings is 1. The number of rotatable bonds is 5. The van der Waals surface area contributed by atoms with Crippen LogP contribution in [-0.2, 0) is 18.6 Å². The minimum atomic E-state index is -0.369. The average molecular weight is 478 g/mol. The number of pyridine rings is 1. The molecule has 0 unspecified atom stereocenters. The minimum absolute atomic E-state index is 0. The van der Waals surface area contributed by atoms with E-state index in [2.05, 4.69) is 4.98 Å². The molecule has 30 heavy (non-hydrogen) atoms. The van der Waals surface area contributed by atoms with E-state index in [4.69, 9.17) is 10.1 Å². The molecule has 1 aliphatic heterocycles. The van der Waals surface area contributed by atoms with Crippen LogP contribution in [0, 0.1) is 12.3 Å². The van der Waals surface area contributed by atoms with Gasteiger partial charge in [0.05, 0.1) is 20.3 Å². The van der Waals surface area contributed by atoms with Crippen molar-refractivity contribution >= 4 is 28.6 Å². The average Bonchev–Trinajstić information content (AvgIpc) is 2.95. The number of ketones is 1. The number of hydrogen-bond donors (Lipinski definition) is 3. The van der Waals surface area contributed by atoms with Crippen molar-refractivity contribution < 1.29 is 19.7 Å². The molecule has 0 saturated carbocycles. The predicted molar refractivity (Wildman–Crippen MR) is 120 cm³/mol. The topological polar surface area (TPSA) is 107 Å². The Morgan fingerprint density at radius 2 is 1.97 bits per heavy atom. The SMILES string of the molecule is Br.COc1cc(C(=O)CN2Cc3cc(CO)c(C)nc3C2=N)cc(C(C)(C)C)c1O. The highest BCUT2D eigenvalue weighted by molar-refractivity contribution is 8.93. The first-order valence-corrected chi connectivity index (χ1v) is 9.45. The van der Waals surface area contributed by atoms with Crippen LogP contribution in [0.4, 0.5) is 0 Å². The van der Waals surface area contributed by atoms with Crippen LogP contribution in [0.5, 0.6) is 11.5 Å². The Morgan fingerprint density at radius 3 is 2.53 bits per heavy atom. The molecule has 0 saturated heterocycles. The van der Waals surface area contributed by atoms with Gasteiger partial charge in [-0.2, -0.15) is 0 Å². The highest BCUT2D eigenvalue weighted by Gasteiger charge is 2.30. The van der Waals surface area contributed by atoms with Crippen LogP contribution >= 0.6 is 17.0 Å². The molecule has 2 heterocycles. The lowest BCUT2D eigenvalue weighted by Gasteiger charge is -2.23. The number of aromatic nitrogens is 1. The molecule has 0 radical (unpaired) electrons. The summed E-state index contributed by atoms with van der Waals surface area (Å²) in [6, 6.07) is 5.07. The normalized spacial score (nSPS) is 13.1. The number of aryl methyl sites for hydroxylation is 1. The molecule has 7 nitrogen and oxygen atoms in total. The molecule has 8 heteroatoms. The maximum absolute atomic E-state index is 13.0. The zero-order chi connectivity index (χ0) is 21.5. The van der Waals surface area contributed by atoms with Gasteiger partial charge in [-0.05, 0) is 36.1 Å². The maximum atomic E-state index is 13.0. The van der Waals surface area contributed by atoms with Crippen molar-refractivity contribution in [2.75, 3.05) is 13.7 Å². The van der Waals surface area contributed by atoms with E-state index >= 15 is 0 Å². The van der Waals surface area contributed by atoms with Gasteiger partial charge in [-0.1, -0.05) is 20.8 Å². The number of carbonyl (C=O) groups is 1. The van der Waals surface area contributed by atoms with Gasteiger partial charge in [0.1, 0.15) is 11.5 Å². The van der Waals surface area contributed by atoms with E-state index in [-0.39, 0.29) is 58.7 Å². The molecule has 162 valence electrons. The van der Waals surface area contributed by atoms with Crippen molar-refractivity contribution in [1.29, 1.82) is 5.41 Å². The molecule has 1 aromatic carbocycles. The number of Topliss-reactive ketones (excluding diaryl/α,β-unsaturated/α-hetero) is 1.